The molecule has 1 radical (unpaired) electrons. The Hall–Kier alpha value is -0.311. The SMILES string of the molecule is CCC[CH2][SnH2][c]1ccccc1[C]=O. The molecule has 0 aromatic heterocycles. The third-order valence-electron chi connectivity index (χ3n) is 2.18. The van der Waals surface area contributed by atoms with E-state index in [4.69, 9.17) is 0 Å². The fourth-order valence-corrected chi connectivity index (χ4v) is 6.81. The van der Waals surface area contributed by atoms with Crippen LogP contribution in [-0.2, 0) is 4.79 Å². The summed E-state index contributed by atoms with van der Waals surface area (Å²) in [6, 6.07) is 7.92. The van der Waals surface area contributed by atoms with Crippen molar-refractivity contribution in [2.24, 2.45) is 0 Å². The molecular weight excluding hydrogens is 267 g/mol. The summed E-state index contributed by atoms with van der Waals surface area (Å²) in [5, 5.41) is 0. The molecule has 0 bridgehead atoms. The Morgan fingerprint density at radius 2 is 2.15 bits per heavy atom. The zero-order valence-electron chi connectivity index (χ0n) is 8.05. The fourth-order valence-electron chi connectivity index (χ4n) is 1.40. The van der Waals surface area contributed by atoms with Crippen molar-refractivity contribution < 1.29 is 4.79 Å². The Bertz CT molecular complexity index is 271. The number of hydrogen-bond acceptors (Lipinski definition) is 1. The number of carbonyl (C=O) groups excluding carboxylic acids is 1. The molecule has 0 saturated carbocycles. The van der Waals surface area contributed by atoms with Crippen molar-refractivity contribution in [3.05, 3.63) is 29.8 Å². The minimum absolute atomic E-state index is 0.814. The predicted octanol–water partition coefficient (Wildman–Crippen LogP) is 1.16. The molecule has 13 heavy (non-hydrogen) atoms. The Morgan fingerprint density at radius 1 is 1.38 bits per heavy atom. The van der Waals surface area contributed by atoms with Gasteiger partial charge < -0.3 is 0 Å². The first kappa shape index (κ1) is 10.8. The summed E-state index contributed by atoms with van der Waals surface area (Å²) in [5.41, 5.74) is 0.814. The van der Waals surface area contributed by atoms with Gasteiger partial charge in [-0.3, -0.25) is 0 Å². The molecule has 0 aliphatic heterocycles. The first-order valence-electron chi connectivity index (χ1n) is 4.84. The first-order valence-corrected chi connectivity index (χ1v) is 9.71. The van der Waals surface area contributed by atoms with E-state index in [2.05, 4.69) is 13.0 Å². The van der Waals surface area contributed by atoms with Crippen LogP contribution >= 0.6 is 0 Å². The molecule has 0 spiro atoms. The van der Waals surface area contributed by atoms with Gasteiger partial charge >= 0.3 is 89.8 Å². The Kier molecular flexibility index (Phi) is 5.13. The van der Waals surface area contributed by atoms with Crippen LogP contribution in [0.1, 0.15) is 25.3 Å². The second kappa shape index (κ2) is 6.19. The Balaban J connectivity index is 2.59. The van der Waals surface area contributed by atoms with Crippen LogP contribution in [0, 0.1) is 0 Å². The predicted molar refractivity (Wildman–Crippen MR) is 59.1 cm³/mol. The van der Waals surface area contributed by atoms with E-state index < -0.39 is 21.1 Å². The summed E-state index contributed by atoms with van der Waals surface area (Å²) in [7, 11) is 0. The maximum atomic E-state index is 10.6. The second-order valence-corrected chi connectivity index (χ2v) is 8.84. The Labute approximate surface area is 89.8 Å². The molecule has 0 atom stereocenters. The zero-order chi connectivity index (χ0) is 9.52. The van der Waals surface area contributed by atoms with Crippen LogP contribution in [0.25, 0.3) is 0 Å². The normalized spacial score (nSPS) is 10.8. The minimum atomic E-state index is -0.852. The third-order valence-corrected chi connectivity index (χ3v) is 7.91. The van der Waals surface area contributed by atoms with Crippen molar-refractivity contribution >= 4 is 31.0 Å². The van der Waals surface area contributed by atoms with Gasteiger partial charge in [-0.15, -0.1) is 0 Å². The molecule has 1 nitrogen and oxygen atoms in total. The molecule has 0 N–H and O–H groups in total. The molecule has 1 aromatic rings. The van der Waals surface area contributed by atoms with Crippen molar-refractivity contribution in [2.45, 2.75) is 24.2 Å². The molecule has 0 saturated heterocycles. The van der Waals surface area contributed by atoms with Crippen LogP contribution in [0.5, 0.6) is 0 Å². The van der Waals surface area contributed by atoms with Crippen molar-refractivity contribution in [1.29, 1.82) is 0 Å². The van der Waals surface area contributed by atoms with Gasteiger partial charge in [-0.2, -0.15) is 0 Å². The van der Waals surface area contributed by atoms with Crippen LogP contribution in [-0.4, -0.2) is 27.4 Å². The molecule has 0 unspecified atom stereocenters. The molecule has 0 fully saturated rings. The van der Waals surface area contributed by atoms with Gasteiger partial charge in [0.05, 0.1) is 0 Å². The average Bonchev–Trinajstić information content (AvgIpc) is 2.19. The molecule has 2 heteroatoms. The fraction of sp³-hybridized carbons (Fsp3) is 0.364. The van der Waals surface area contributed by atoms with Gasteiger partial charge in [0.15, 0.2) is 0 Å². The van der Waals surface area contributed by atoms with Crippen LogP contribution in [0.4, 0.5) is 0 Å². The molecule has 0 aliphatic rings. The zero-order valence-corrected chi connectivity index (χ0v) is 12.1. The van der Waals surface area contributed by atoms with E-state index in [-0.39, 0.29) is 0 Å². The molecule has 69 valence electrons. The monoisotopic (exact) mass is 283 g/mol. The molecule has 1 aromatic carbocycles. The van der Waals surface area contributed by atoms with Gasteiger partial charge in [-0.1, -0.05) is 0 Å². The van der Waals surface area contributed by atoms with Crippen molar-refractivity contribution in [3.63, 3.8) is 0 Å². The van der Waals surface area contributed by atoms with E-state index in [1.165, 1.54) is 20.9 Å². The summed E-state index contributed by atoms with van der Waals surface area (Å²) in [6.07, 6.45) is 4.62. The molecule has 0 amide bonds. The third kappa shape index (κ3) is 3.51. The summed E-state index contributed by atoms with van der Waals surface area (Å²) in [4.78, 5) is 10.6. The molecular formula is C11H15OSn. The maximum absolute atomic E-state index is 10.6. The second-order valence-electron chi connectivity index (χ2n) is 3.22. The first-order chi connectivity index (χ1) is 6.38. The standard InChI is InChI=1S/C7H4O.C4H9.Sn.2H/c8-6-7-4-2-1-3-5-7;1-3-4-2;;;/h1-4H;1,3-4H2,2H3;;;. The van der Waals surface area contributed by atoms with Crippen LogP contribution in [0.15, 0.2) is 24.3 Å². The van der Waals surface area contributed by atoms with Gasteiger partial charge in [0.25, 0.3) is 0 Å². The van der Waals surface area contributed by atoms with Gasteiger partial charge in [-0.25, -0.2) is 0 Å². The summed E-state index contributed by atoms with van der Waals surface area (Å²) in [6.45, 7) is 2.21. The van der Waals surface area contributed by atoms with E-state index >= 15 is 0 Å². The van der Waals surface area contributed by atoms with Crippen molar-refractivity contribution in [1.82, 2.24) is 0 Å². The summed E-state index contributed by atoms with van der Waals surface area (Å²) >= 11 is -0.852. The van der Waals surface area contributed by atoms with Crippen molar-refractivity contribution in [3.8, 4) is 0 Å². The van der Waals surface area contributed by atoms with E-state index in [9.17, 15) is 4.79 Å². The van der Waals surface area contributed by atoms with Crippen LogP contribution in [0.2, 0.25) is 4.44 Å². The topological polar surface area (TPSA) is 17.1 Å². The van der Waals surface area contributed by atoms with E-state index in [0.29, 0.717) is 0 Å². The molecule has 0 heterocycles. The number of unbranched alkanes of at least 4 members (excludes halogenated alkanes) is 1. The number of benzene rings is 1. The van der Waals surface area contributed by atoms with E-state index in [1.807, 2.05) is 24.5 Å². The van der Waals surface area contributed by atoms with Crippen LogP contribution < -0.4 is 3.58 Å². The van der Waals surface area contributed by atoms with E-state index in [1.54, 1.807) is 0 Å². The van der Waals surface area contributed by atoms with Gasteiger partial charge in [0, 0.05) is 0 Å². The number of rotatable bonds is 5. The van der Waals surface area contributed by atoms with E-state index in [0.717, 1.165) is 5.56 Å². The van der Waals surface area contributed by atoms with Crippen molar-refractivity contribution in [2.75, 3.05) is 0 Å². The summed E-state index contributed by atoms with van der Waals surface area (Å²) in [5.74, 6) is 0. The molecule has 0 aliphatic carbocycles. The summed E-state index contributed by atoms with van der Waals surface area (Å²) < 4.78 is 2.71. The van der Waals surface area contributed by atoms with Crippen LogP contribution in [0.3, 0.4) is 0 Å². The van der Waals surface area contributed by atoms with Gasteiger partial charge in [0.2, 0.25) is 0 Å². The average molecular weight is 282 g/mol. The van der Waals surface area contributed by atoms with Gasteiger partial charge in [-0.05, 0) is 0 Å². The Morgan fingerprint density at radius 3 is 2.85 bits per heavy atom. The molecule has 1 rings (SSSR count). The van der Waals surface area contributed by atoms with Gasteiger partial charge in [0.1, 0.15) is 0 Å². The quantitative estimate of drug-likeness (QED) is 0.585. The number of hydrogen-bond donors (Lipinski definition) is 0.